The molecule has 0 aliphatic rings. The van der Waals surface area contributed by atoms with Crippen LogP contribution in [0.4, 0.5) is 0 Å². The number of benzene rings is 1. The van der Waals surface area contributed by atoms with Gasteiger partial charge in [0.25, 0.3) is 5.91 Å². The number of amides is 1. The highest BCUT2D eigenvalue weighted by molar-refractivity contribution is 5.99. The molecule has 4 N–H and O–H groups in total. The average Bonchev–Trinajstić information content (AvgIpc) is 2.28. The summed E-state index contributed by atoms with van der Waals surface area (Å²) in [6.45, 7) is 3.81. The van der Waals surface area contributed by atoms with Gasteiger partial charge >= 0.3 is 0 Å². The Morgan fingerprint density at radius 3 is 2.28 bits per heavy atom. The predicted molar refractivity (Wildman–Crippen MR) is 67.6 cm³/mol. The van der Waals surface area contributed by atoms with Gasteiger partial charge in [-0.05, 0) is 24.5 Å². The van der Waals surface area contributed by atoms with E-state index < -0.39 is 5.91 Å². The summed E-state index contributed by atoms with van der Waals surface area (Å²) < 4.78 is 0. The van der Waals surface area contributed by atoms with Crippen LogP contribution in [-0.4, -0.2) is 33.9 Å². The van der Waals surface area contributed by atoms with Crippen LogP contribution in [0.3, 0.4) is 0 Å². The smallest absolute Gasteiger partial charge is 0.259 e. The fraction of sp³-hybridized carbons (Fsp3) is 0.462. The van der Waals surface area contributed by atoms with E-state index in [1.165, 1.54) is 18.2 Å². The Bertz CT molecular complexity index is 397. The van der Waals surface area contributed by atoms with Crippen LogP contribution < -0.4 is 5.32 Å². The number of aromatic hydroxyl groups is 2. The molecule has 0 spiro atoms. The van der Waals surface area contributed by atoms with Crippen LogP contribution in [0.1, 0.15) is 30.6 Å². The molecule has 1 rings (SSSR count). The first kappa shape index (κ1) is 14.3. The third-order valence-corrected chi connectivity index (χ3v) is 2.81. The summed E-state index contributed by atoms with van der Waals surface area (Å²) >= 11 is 0. The second-order valence-electron chi connectivity index (χ2n) is 4.51. The second-order valence-corrected chi connectivity index (χ2v) is 4.51. The summed E-state index contributed by atoms with van der Waals surface area (Å²) in [5.74, 6) is -0.926. The van der Waals surface area contributed by atoms with E-state index in [4.69, 9.17) is 5.11 Å². The Kier molecular flexibility index (Phi) is 4.97. The third-order valence-electron chi connectivity index (χ3n) is 2.81. The second kappa shape index (κ2) is 6.26. The van der Waals surface area contributed by atoms with E-state index in [-0.39, 0.29) is 35.6 Å². The van der Waals surface area contributed by atoms with Gasteiger partial charge in [-0.1, -0.05) is 19.9 Å². The number of hydrogen-bond donors (Lipinski definition) is 4. The number of aliphatic hydroxyl groups is 1. The molecular formula is C13H19NO4. The summed E-state index contributed by atoms with van der Waals surface area (Å²) in [6, 6.07) is 3.92. The predicted octanol–water partition coefficient (Wildman–Crippen LogP) is 1.23. The van der Waals surface area contributed by atoms with Crippen molar-refractivity contribution in [2.75, 3.05) is 6.61 Å². The summed E-state index contributed by atoms with van der Waals surface area (Å²) in [5, 5.41) is 30.8. The molecule has 1 amide bonds. The lowest BCUT2D eigenvalue weighted by Crippen LogP contribution is -2.39. The largest absolute Gasteiger partial charge is 0.507 e. The molecule has 0 fully saturated rings. The molecule has 1 aromatic rings. The molecule has 100 valence electrons. The van der Waals surface area contributed by atoms with Gasteiger partial charge < -0.3 is 20.6 Å². The number of phenolic OH excluding ortho intramolecular Hbond substituents is 2. The molecule has 5 nitrogen and oxygen atoms in total. The number of nitrogens with one attached hydrogen (secondary N) is 1. The summed E-state index contributed by atoms with van der Waals surface area (Å²) in [7, 11) is 0. The van der Waals surface area contributed by atoms with E-state index in [9.17, 15) is 15.0 Å². The van der Waals surface area contributed by atoms with Gasteiger partial charge in [0.05, 0.1) is 0 Å². The van der Waals surface area contributed by atoms with Crippen molar-refractivity contribution in [3.8, 4) is 11.5 Å². The molecule has 1 aromatic carbocycles. The highest BCUT2D eigenvalue weighted by Crippen LogP contribution is 2.26. The van der Waals surface area contributed by atoms with Crippen molar-refractivity contribution in [2.45, 2.75) is 26.3 Å². The molecule has 0 heterocycles. The zero-order chi connectivity index (χ0) is 13.7. The summed E-state index contributed by atoms with van der Waals surface area (Å²) in [5.41, 5.74) is -0.138. The summed E-state index contributed by atoms with van der Waals surface area (Å²) in [6.07, 6.45) is 0.428. The van der Waals surface area contributed by atoms with E-state index in [1.807, 2.05) is 13.8 Å². The van der Waals surface area contributed by atoms with Gasteiger partial charge in [0, 0.05) is 12.6 Å². The monoisotopic (exact) mass is 253 g/mol. The molecule has 0 aliphatic carbocycles. The number of rotatable bonds is 5. The van der Waals surface area contributed by atoms with Crippen LogP contribution in [0.25, 0.3) is 0 Å². The average molecular weight is 253 g/mol. The van der Waals surface area contributed by atoms with Crippen LogP contribution in [0.2, 0.25) is 0 Å². The van der Waals surface area contributed by atoms with Crippen LogP contribution in [-0.2, 0) is 0 Å². The Morgan fingerprint density at radius 1 is 1.28 bits per heavy atom. The first-order chi connectivity index (χ1) is 8.47. The van der Waals surface area contributed by atoms with Gasteiger partial charge in [0.1, 0.15) is 17.1 Å². The number of carbonyl (C=O) groups is 1. The van der Waals surface area contributed by atoms with Crippen LogP contribution in [0, 0.1) is 5.92 Å². The Balaban J connectivity index is 2.87. The Morgan fingerprint density at radius 2 is 1.83 bits per heavy atom. The number of carbonyl (C=O) groups excluding carboxylic acids is 1. The third kappa shape index (κ3) is 3.37. The van der Waals surface area contributed by atoms with Crippen molar-refractivity contribution < 1.29 is 20.1 Å². The maximum absolute atomic E-state index is 12.0. The standard InChI is InChI=1S/C13H19NO4/c1-8(2)9(6-7-15)14-13(18)12-10(16)4-3-5-11(12)17/h3-5,8-9,15-17H,6-7H2,1-2H3,(H,14,18). The van der Waals surface area contributed by atoms with E-state index in [0.717, 1.165) is 0 Å². The zero-order valence-electron chi connectivity index (χ0n) is 10.6. The van der Waals surface area contributed by atoms with Gasteiger partial charge in [0.15, 0.2) is 0 Å². The van der Waals surface area contributed by atoms with Crippen molar-refractivity contribution in [1.82, 2.24) is 5.32 Å². The molecule has 0 aliphatic heterocycles. The molecule has 5 heteroatoms. The minimum absolute atomic E-state index is 0.0319. The van der Waals surface area contributed by atoms with E-state index in [2.05, 4.69) is 5.32 Å². The fourth-order valence-corrected chi connectivity index (χ4v) is 1.71. The van der Waals surface area contributed by atoms with Crippen molar-refractivity contribution in [1.29, 1.82) is 0 Å². The molecule has 0 aromatic heterocycles. The fourth-order valence-electron chi connectivity index (χ4n) is 1.71. The van der Waals surface area contributed by atoms with Gasteiger partial charge in [-0.25, -0.2) is 0 Å². The molecule has 0 saturated heterocycles. The minimum atomic E-state index is -0.544. The van der Waals surface area contributed by atoms with Gasteiger partial charge in [-0.3, -0.25) is 4.79 Å². The van der Waals surface area contributed by atoms with Gasteiger partial charge in [-0.15, -0.1) is 0 Å². The van der Waals surface area contributed by atoms with E-state index in [1.54, 1.807) is 0 Å². The summed E-state index contributed by atoms with van der Waals surface area (Å²) in [4.78, 5) is 12.0. The van der Waals surface area contributed by atoms with E-state index >= 15 is 0 Å². The van der Waals surface area contributed by atoms with Crippen molar-refractivity contribution >= 4 is 5.91 Å². The Labute approximate surface area is 106 Å². The maximum Gasteiger partial charge on any atom is 0.259 e. The SMILES string of the molecule is CC(C)C(CCO)NC(=O)c1c(O)cccc1O. The van der Waals surface area contributed by atoms with Crippen LogP contribution in [0.5, 0.6) is 11.5 Å². The highest BCUT2D eigenvalue weighted by Gasteiger charge is 2.21. The molecule has 18 heavy (non-hydrogen) atoms. The highest BCUT2D eigenvalue weighted by atomic mass is 16.3. The first-order valence-electron chi connectivity index (χ1n) is 5.90. The lowest BCUT2D eigenvalue weighted by atomic mass is 10.0. The Hall–Kier alpha value is -1.75. The van der Waals surface area contributed by atoms with Crippen molar-refractivity contribution in [3.05, 3.63) is 23.8 Å². The normalized spacial score (nSPS) is 12.4. The zero-order valence-corrected chi connectivity index (χ0v) is 10.6. The molecule has 0 bridgehead atoms. The molecule has 1 atom stereocenters. The number of hydrogen-bond acceptors (Lipinski definition) is 4. The topological polar surface area (TPSA) is 89.8 Å². The minimum Gasteiger partial charge on any atom is -0.507 e. The number of aliphatic hydroxyl groups excluding tert-OH is 1. The lowest BCUT2D eigenvalue weighted by Gasteiger charge is -2.21. The first-order valence-corrected chi connectivity index (χ1v) is 5.90. The van der Waals surface area contributed by atoms with E-state index in [0.29, 0.717) is 6.42 Å². The number of phenols is 2. The van der Waals surface area contributed by atoms with Crippen LogP contribution >= 0.6 is 0 Å². The molecule has 0 saturated carbocycles. The quantitative estimate of drug-likeness (QED) is 0.635. The molecular weight excluding hydrogens is 234 g/mol. The van der Waals surface area contributed by atoms with Gasteiger partial charge in [0.2, 0.25) is 0 Å². The van der Waals surface area contributed by atoms with Crippen molar-refractivity contribution in [3.63, 3.8) is 0 Å². The van der Waals surface area contributed by atoms with Crippen LogP contribution in [0.15, 0.2) is 18.2 Å². The maximum atomic E-state index is 12.0. The lowest BCUT2D eigenvalue weighted by molar-refractivity contribution is 0.0911. The van der Waals surface area contributed by atoms with Crippen molar-refractivity contribution in [2.24, 2.45) is 5.92 Å². The molecule has 0 radical (unpaired) electrons. The van der Waals surface area contributed by atoms with Gasteiger partial charge in [-0.2, -0.15) is 0 Å². The molecule has 1 unspecified atom stereocenters.